The van der Waals surface area contributed by atoms with Crippen molar-refractivity contribution in [3.05, 3.63) is 29.8 Å². The van der Waals surface area contributed by atoms with Gasteiger partial charge in [0.15, 0.2) is 0 Å². The van der Waals surface area contributed by atoms with Crippen molar-refractivity contribution in [1.29, 1.82) is 0 Å². The molecule has 2 rings (SSSR count). The van der Waals surface area contributed by atoms with Gasteiger partial charge < -0.3 is 9.47 Å². The maximum Gasteiger partial charge on any atom is 0.118 e. The van der Waals surface area contributed by atoms with Gasteiger partial charge in [0.1, 0.15) is 5.75 Å². The van der Waals surface area contributed by atoms with Crippen LogP contribution in [0.3, 0.4) is 0 Å². The molecule has 0 radical (unpaired) electrons. The summed E-state index contributed by atoms with van der Waals surface area (Å²) >= 11 is 3.80. The van der Waals surface area contributed by atoms with E-state index >= 15 is 0 Å². The van der Waals surface area contributed by atoms with Crippen molar-refractivity contribution in [3.63, 3.8) is 0 Å². The normalized spacial score (nSPS) is 19.4. The summed E-state index contributed by atoms with van der Waals surface area (Å²) in [6.07, 6.45) is 2.28. The summed E-state index contributed by atoms with van der Waals surface area (Å²) in [6.45, 7) is 1.78. The second-order valence-corrected chi connectivity index (χ2v) is 5.11. The molecule has 0 bridgehead atoms. The fourth-order valence-corrected chi connectivity index (χ4v) is 2.90. The van der Waals surface area contributed by atoms with Gasteiger partial charge in [-0.25, -0.2) is 0 Å². The second-order valence-electron chi connectivity index (χ2n) is 4.12. The summed E-state index contributed by atoms with van der Waals surface area (Å²) in [4.78, 5) is 0.433. The zero-order valence-corrected chi connectivity index (χ0v) is 11.1. The van der Waals surface area contributed by atoms with E-state index in [4.69, 9.17) is 9.47 Å². The molecule has 0 N–H and O–H groups in total. The molecule has 1 saturated heterocycles. The van der Waals surface area contributed by atoms with Gasteiger partial charge in [0.05, 0.1) is 7.11 Å². The molecule has 1 aromatic carbocycles. The van der Waals surface area contributed by atoms with Crippen LogP contribution in [-0.2, 0) is 4.74 Å². The third kappa shape index (κ3) is 2.77. The summed E-state index contributed by atoms with van der Waals surface area (Å²) in [5.74, 6) is 1.59. The first kappa shape index (κ1) is 11.9. The van der Waals surface area contributed by atoms with Crippen LogP contribution < -0.4 is 4.74 Å². The van der Waals surface area contributed by atoms with Crippen LogP contribution in [0.4, 0.5) is 0 Å². The second kappa shape index (κ2) is 5.69. The molecule has 0 aromatic heterocycles. The van der Waals surface area contributed by atoms with Gasteiger partial charge in [-0.3, -0.25) is 0 Å². The highest BCUT2D eigenvalue weighted by Gasteiger charge is 2.22. The van der Waals surface area contributed by atoms with Crippen LogP contribution in [0.25, 0.3) is 0 Å². The molecule has 1 aliphatic heterocycles. The van der Waals surface area contributed by atoms with Crippen molar-refractivity contribution in [1.82, 2.24) is 0 Å². The maximum absolute atomic E-state index is 5.38. The van der Waals surface area contributed by atoms with Crippen LogP contribution in [0, 0.1) is 5.92 Å². The van der Waals surface area contributed by atoms with Gasteiger partial charge in [0, 0.05) is 18.0 Å². The third-order valence-electron chi connectivity index (χ3n) is 3.11. The lowest BCUT2D eigenvalue weighted by Crippen LogP contribution is -2.19. The Morgan fingerprint density at radius 1 is 1.25 bits per heavy atom. The molecule has 1 atom stereocenters. The minimum atomic E-state index is 0.433. The van der Waals surface area contributed by atoms with Gasteiger partial charge in [-0.15, -0.1) is 0 Å². The Morgan fingerprint density at radius 2 is 1.88 bits per heavy atom. The molecular formula is C13H17BrO2. The predicted molar refractivity (Wildman–Crippen MR) is 68.2 cm³/mol. The van der Waals surface area contributed by atoms with Gasteiger partial charge in [0.2, 0.25) is 0 Å². The van der Waals surface area contributed by atoms with Gasteiger partial charge >= 0.3 is 0 Å². The first-order valence-electron chi connectivity index (χ1n) is 5.67. The zero-order chi connectivity index (χ0) is 11.4. The van der Waals surface area contributed by atoms with E-state index in [2.05, 4.69) is 28.1 Å². The van der Waals surface area contributed by atoms with Crippen LogP contribution >= 0.6 is 15.9 Å². The Balaban J connectivity index is 2.04. The molecule has 88 valence electrons. The minimum Gasteiger partial charge on any atom is -0.497 e. The molecule has 16 heavy (non-hydrogen) atoms. The third-order valence-corrected chi connectivity index (χ3v) is 4.39. The smallest absolute Gasteiger partial charge is 0.118 e. The van der Waals surface area contributed by atoms with Crippen molar-refractivity contribution in [2.45, 2.75) is 17.7 Å². The summed E-state index contributed by atoms with van der Waals surface area (Å²) in [5.41, 5.74) is 1.33. The Hall–Kier alpha value is -0.540. The fourth-order valence-electron chi connectivity index (χ4n) is 2.07. The zero-order valence-electron chi connectivity index (χ0n) is 9.49. The number of rotatable bonds is 3. The van der Waals surface area contributed by atoms with E-state index < -0.39 is 0 Å². The minimum absolute atomic E-state index is 0.433. The van der Waals surface area contributed by atoms with Gasteiger partial charge in [-0.1, -0.05) is 28.1 Å². The number of hydrogen-bond donors (Lipinski definition) is 0. The Kier molecular flexibility index (Phi) is 4.24. The van der Waals surface area contributed by atoms with Crippen LogP contribution in [0.5, 0.6) is 5.75 Å². The first-order chi connectivity index (χ1) is 7.81. The molecule has 1 aliphatic rings. The number of hydrogen-bond acceptors (Lipinski definition) is 2. The number of methoxy groups -OCH3 is 1. The van der Waals surface area contributed by atoms with Crippen LogP contribution in [-0.4, -0.2) is 20.3 Å². The molecule has 0 spiro atoms. The van der Waals surface area contributed by atoms with Gasteiger partial charge in [-0.2, -0.15) is 0 Å². The summed E-state index contributed by atoms with van der Waals surface area (Å²) in [7, 11) is 1.69. The summed E-state index contributed by atoms with van der Waals surface area (Å²) in [6, 6.07) is 8.30. The van der Waals surface area contributed by atoms with E-state index in [0.717, 1.165) is 31.8 Å². The number of halogens is 1. The molecule has 0 amide bonds. The lowest BCUT2D eigenvalue weighted by atomic mass is 9.92. The average Bonchev–Trinajstić information content (AvgIpc) is 2.39. The van der Waals surface area contributed by atoms with E-state index in [-0.39, 0.29) is 0 Å². The van der Waals surface area contributed by atoms with Crippen molar-refractivity contribution in [3.8, 4) is 5.75 Å². The first-order valence-corrected chi connectivity index (χ1v) is 6.58. The number of ether oxygens (including phenoxy) is 2. The lowest BCUT2D eigenvalue weighted by molar-refractivity contribution is 0.0662. The van der Waals surface area contributed by atoms with Crippen LogP contribution in [0.15, 0.2) is 24.3 Å². The Labute approximate surface area is 105 Å². The van der Waals surface area contributed by atoms with Crippen molar-refractivity contribution < 1.29 is 9.47 Å². The Morgan fingerprint density at radius 3 is 2.44 bits per heavy atom. The average molecular weight is 285 g/mol. The monoisotopic (exact) mass is 284 g/mol. The Bertz CT molecular complexity index is 317. The highest BCUT2D eigenvalue weighted by molar-refractivity contribution is 9.09. The topological polar surface area (TPSA) is 18.5 Å². The van der Waals surface area contributed by atoms with Gasteiger partial charge in [-0.05, 0) is 36.5 Å². The standard InChI is InChI=1S/C13H17BrO2/c1-15-12-4-2-10(3-5-12)13(14)11-6-8-16-9-7-11/h2-5,11,13H,6-9H2,1H3. The van der Waals surface area contributed by atoms with E-state index in [9.17, 15) is 0 Å². The molecule has 1 fully saturated rings. The van der Waals surface area contributed by atoms with Gasteiger partial charge in [0.25, 0.3) is 0 Å². The molecular weight excluding hydrogens is 268 g/mol. The largest absolute Gasteiger partial charge is 0.497 e. The van der Waals surface area contributed by atoms with E-state index in [0.29, 0.717) is 10.7 Å². The lowest BCUT2D eigenvalue weighted by Gasteiger charge is -2.26. The molecule has 1 aromatic rings. The molecule has 1 unspecified atom stereocenters. The summed E-state index contributed by atoms with van der Waals surface area (Å²) in [5, 5.41) is 0. The van der Waals surface area contributed by atoms with Crippen molar-refractivity contribution in [2.24, 2.45) is 5.92 Å². The SMILES string of the molecule is COc1ccc(C(Br)C2CCOCC2)cc1. The predicted octanol–water partition coefficient (Wildman–Crippen LogP) is 3.56. The van der Waals surface area contributed by atoms with Crippen molar-refractivity contribution in [2.75, 3.05) is 20.3 Å². The quantitative estimate of drug-likeness (QED) is 0.791. The number of alkyl halides is 1. The molecule has 0 aliphatic carbocycles. The highest BCUT2D eigenvalue weighted by atomic mass is 79.9. The van der Waals surface area contributed by atoms with Crippen LogP contribution in [0.1, 0.15) is 23.2 Å². The summed E-state index contributed by atoms with van der Waals surface area (Å²) < 4.78 is 10.5. The van der Waals surface area contributed by atoms with E-state index in [1.54, 1.807) is 7.11 Å². The molecule has 3 heteroatoms. The fraction of sp³-hybridized carbons (Fsp3) is 0.538. The van der Waals surface area contributed by atoms with E-state index in [1.807, 2.05) is 12.1 Å². The molecule has 2 nitrogen and oxygen atoms in total. The van der Waals surface area contributed by atoms with E-state index in [1.165, 1.54) is 5.56 Å². The molecule has 0 saturated carbocycles. The van der Waals surface area contributed by atoms with Crippen LogP contribution in [0.2, 0.25) is 0 Å². The number of benzene rings is 1. The maximum atomic E-state index is 5.38. The van der Waals surface area contributed by atoms with Crippen molar-refractivity contribution >= 4 is 15.9 Å². The highest BCUT2D eigenvalue weighted by Crippen LogP contribution is 2.37. The molecule has 1 heterocycles.